The average Bonchev–Trinajstić information content (AvgIpc) is 2.12. The number of hydrogen-bond donors (Lipinski definition) is 4. The maximum Gasteiger partial charge on any atom is 1.00 e. The van der Waals surface area contributed by atoms with Gasteiger partial charge in [-0.25, -0.2) is 0 Å². The Bertz CT molecular complexity index is 316. The molecule has 0 bridgehead atoms. The van der Waals surface area contributed by atoms with Gasteiger partial charge in [-0.1, -0.05) is 13.8 Å². The van der Waals surface area contributed by atoms with Crippen molar-refractivity contribution in [1.29, 1.82) is 0 Å². The van der Waals surface area contributed by atoms with Crippen LogP contribution in [-0.4, -0.2) is 27.9 Å². The zero-order chi connectivity index (χ0) is 11.4. The van der Waals surface area contributed by atoms with Crippen molar-refractivity contribution in [1.82, 2.24) is 5.32 Å². The van der Waals surface area contributed by atoms with Gasteiger partial charge in [0.25, 0.3) is 0 Å². The van der Waals surface area contributed by atoms with E-state index in [2.05, 4.69) is 5.32 Å². The predicted octanol–water partition coefficient (Wildman–Crippen LogP) is -1.75. The summed E-state index contributed by atoms with van der Waals surface area (Å²) in [5, 5.41) is 31.3. The zero-order valence-corrected chi connectivity index (χ0v) is 11.9. The van der Waals surface area contributed by atoms with Gasteiger partial charge in [0.15, 0.2) is 0 Å². The molecule has 0 saturated carbocycles. The number of nitrogens with one attached hydrogen (secondary N) is 1. The molecule has 0 aliphatic rings. The normalized spacial score (nSPS) is 12.2. The van der Waals surface area contributed by atoms with E-state index in [1.54, 1.807) is 0 Å². The van der Waals surface area contributed by atoms with Crippen molar-refractivity contribution in [2.24, 2.45) is 0 Å². The van der Waals surface area contributed by atoms with Crippen LogP contribution in [0, 0.1) is 0 Å². The minimum Gasteiger partial charge on any atom is -1.00 e. The fraction of sp³-hybridized carbons (Fsp3) is 0.455. The molecule has 0 aromatic heterocycles. The van der Waals surface area contributed by atoms with Crippen molar-refractivity contribution in [2.75, 3.05) is 6.54 Å². The topological polar surface area (TPSA) is 72.7 Å². The molecule has 0 heterocycles. The van der Waals surface area contributed by atoms with Crippen molar-refractivity contribution < 1.29 is 46.3 Å². The molecule has 1 aromatic rings. The van der Waals surface area contributed by atoms with Crippen molar-refractivity contribution in [3.8, 4) is 11.5 Å². The van der Waals surface area contributed by atoms with Gasteiger partial charge in [0.2, 0.25) is 0 Å². The Morgan fingerprint density at radius 3 is 2.12 bits per heavy atom. The Hall–Kier alpha value is -0.260. The van der Waals surface area contributed by atoms with Crippen LogP contribution in [0.1, 0.15) is 26.9 Å². The van der Waals surface area contributed by atoms with Crippen LogP contribution >= 0.6 is 0 Å². The number of phenols is 2. The molecule has 1 rings (SSSR count). The molecular formula is C11H18NNaO3. The number of rotatable bonds is 4. The van der Waals surface area contributed by atoms with E-state index >= 15 is 0 Å². The molecule has 0 fully saturated rings. The number of benzene rings is 1. The standard InChI is InChI=1S/C11H17NO3.Na.H/c1-7(2)12-6-11(15)8-3-9(13)5-10(14)4-8;;/h3-5,7,11-15H,6H2,1-2H3;;/q;+1;-1. The first-order valence-electron chi connectivity index (χ1n) is 4.93. The molecule has 1 aromatic carbocycles. The third-order valence-electron chi connectivity index (χ3n) is 2.03. The average molecular weight is 235 g/mol. The van der Waals surface area contributed by atoms with E-state index < -0.39 is 6.10 Å². The van der Waals surface area contributed by atoms with Crippen LogP contribution in [0.3, 0.4) is 0 Å². The minimum atomic E-state index is -0.731. The van der Waals surface area contributed by atoms with Crippen LogP contribution in [0.25, 0.3) is 0 Å². The zero-order valence-electron chi connectivity index (χ0n) is 10.9. The van der Waals surface area contributed by atoms with Gasteiger partial charge in [-0.2, -0.15) is 0 Å². The van der Waals surface area contributed by atoms with E-state index in [-0.39, 0.29) is 48.5 Å². The molecule has 0 amide bonds. The Balaban J connectivity index is 0. The van der Waals surface area contributed by atoms with E-state index in [4.69, 9.17) is 0 Å². The van der Waals surface area contributed by atoms with Crippen LogP contribution in [0.4, 0.5) is 0 Å². The van der Waals surface area contributed by atoms with E-state index in [1.807, 2.05) is 13.8 Å². The molecule has 0 aliphatic carbocycles. The summed E-state index contributed by atoms with van der Waals surface area (Å²) >= 11 is 0. The summed E-state index contributed by atoms with van der Waals surface area (Å²) in [4.78, 5) is 0. The number of aliphatic hydroxyl groups excluding tert-OH is 1. The van der Waals surface area contributed by atoms with E-state index in [9.17, 15) is 15.3 Å². The SMILES string of the molecule is CC(C)NCC(O)c1cc(O)cc(O)c1.[H-].[Na+]. The molecule has 16 heavy (non-hydrogen) atoms. The van der Waals surface area contributed by atoms with Crippen molar-refractivity contribution in [3.63, 3.8) is 0 Å². The summed E-state index contributed by atoms with van der Waals surface area (Å²) in [5.74, 6) is -0.0952. The van der Waals surface area contributed by atoms with Crippen molar-refractivity contribution in [3.05, 3.63) is 23.8 Å². The first kappa shape index (κ1) is 15.7. The summed E-state index contributed by atoms with van der Waals surface area (Å²) in [6.07, 6.45) is -0.731. The Labute approximate surface area is 119 Å². The molecule has 1 atom stereocenters. The summed E-state index contributed by atoms with van der Waals surface area (Å²) in [5.41, 5.74) is 0.501. The van der Waals surface area contributed by atoms with Crippen LogP contribution < -0.4 is 34.9 Å². The van der Waals surface area contributed by atoms with Crippen molar-refractivity contribution in [2.45, 2.75) is 26.0 Å². The Morgan fingerprint density at radius 2 is 1.69 bits per heavy atom. The van der Waals surface area contributed by atoms with Gasteiger partial charge in [0.05, 0.1) is 6.10 Å². The quantitative estimate of drug-likeness (QED) is 0.467. The van der Waals surface area contributed by atoms with Gasteiger partial charge in [0, 0.05) is 18.7 Å². The second-order valence-corrected chi connectivity index (χ2v) is 3.86. The number of hydrogen-bond acceptors (Lipinski definition) is 4. The summed E-state index contributed by atoms with van der Waals surface area (Å²) < 4.78 is 0. The largest absolute Gasteiger partial charge is 1.00 e. The second kappa shape index (κ2) is 7.14. The van der Waals surface area contributed by atoms with Crippen LogP contribution in [-0.2, 0) is 0 Å². The monoisotopic (exact) mass is 235 g/mol. The minimum absolute atomic E-state index is 0. The molecule has 86 valence electrons. The number of aromatic hydroxyl groups is 2. The van der Waals surface area contributed by atoms with Gasteiger partial charge in [0.1, 0.15) is 11.5 Å². The van der Waals surface area contributed by atoms with Gasteiger partial charge in [-0.05, 0) is 17.7 Å². The number of aliphatic hydroxyl groups is 1. The van der Waals surface area contributed by atoms with E-state index in [0.717, 1.165) is 0 Å². The van der Waals surface area contributed by atoms with E-state index in [0.29, 0.717) is 12.1 Å². The molecule has 0 spiro atoms. The first-order valence-corrected chi connectivity index (χ1v) is 4.93. The van der Waals surface area contributed by atoms with Crippen molar-refractivity contribution >= 4 is 0 Å². The molecule has 0 radical (unpaired) electrons. The maximum atomic E-state index is 9.73. The first-order chi connectivity index (χ1) is 6.99. The fourth-order valence-electron chi connectivity index (χ4n) is 1.28. The Kier molecular flexibility index (Phi) is 7.03. The molecule has 0 aliphatic heterocycles. The predicted molar refractivity (Wildman–Crippen MR) is 59.0 cm³/mol. The third-order valence-corrected chi connectivity index (χ3v) is 2.03. The van der Waals surface area contributed by atoms with Gasteiger partial charge in [-0.3, -0.25) is 0 Å². The summed E-state index contributed by atoms with van der Waals surface area (Å²) in [6.45, 7) is 4.35. The molecule has 5 heteroatoms. The van der Waals surface area contributed by atoms with Gasteiger partial charge < -0.3 is 22.1 Å². The van der Waals surface area contributed by atoms with E-state index in [1.165, 1.54) is 18.2 Å². The van der Waals surface area contributed by atoms with Crippen LogP contribution in [0.5, 0.6) is 11.5 Å². The molecule has 4 nitrogen and oxygen atoms in total. The summed E-state index contributed by atoms with van der Waals surface area (Å²) in [6, 6.07) is 4.38. The summed E-state index contributed by atoms with van der Waals surface area (Å²) in [7, 11) is 0. The fourth-order valence-corrected chi connectivity index (χ4v) is 1.28. The van der Waals surface area contributed by atoms with Gasteiger partial charge in [-0.15, -0.1) is 0 Å². The van der Waals surface area contributed by atoms with Crippen LogP contribution in [0.2, 0.25) is 0 Å². The van der Waals surface area contributed by atoms with Gasteiger partial charge >= 0.3 is 29.6 Å². The van der Waals surface area contributed by atoms with Crippen LogP contribution in [0.15, 0.2) is 18.2 Å². The second-order valence-electron chi connectivity index (χ2n) is 3.86. The molecule has 0 saturated heterocycles. The maximum absolute atomic E-state index is 9.73. The molecule has 4 N–H and O–H groups in total. The Morgan fingerprint density at radius 1 is 1.19 bits per heavy atom. The smallest absolute Gasteiger partial charge is 1.00 e. The molecular weight excluding hydrogens is 217 g/mol. The molecule has 1 unspecified atom stereocenters. The number of phenolic OH excluding ortho intramolecular Hbond substituents is 2. The third kappa shape index (κ3) is 5.18.